The van der Waals surface area contributed by atoms with Crippen molar-refractivity contribution in [3.05, 3.63) is 12.3 Å². The Morgan fingerprint density at radius 1 is 1.83 bits per heavy atom. The van der Waals surface area contributed by atoms with Crippen LogP contribution in [0.15, 0.2) is 12.3 Å². The lowest BCUT2D eigenvalue weighted by Crippen LogP contribution is -1.86. The van der Waals surface area contributed by atoms with E-state index in [1.807, 2.05) is 0 Å². The first-order valence-corrected chi connectivity index (χ1v) is 1.80. The molecule has 1 unspecified atom stereocenters. The lowest BCUT2D eigenvalue weighted by Gasteiger charge is -1.82. The third-order valence-electron chi connectivity index (χ3n) is 0.376. The van der Waals surface area contributed by atoms with Crippen LogP contribution in [0.3, 0.4) is 0 Å². The summed E-state index contributed by atoms with van der Waals surface area (Å²) in [6.07, 6.45) is 1.57. The third-order valence-corrected chi connectivity index (χ3v) is 0.376. The predicted molar refractivity (Wildman–Crippen MR) is 23.9 cm³/mol. The monoisotopic (exact) mass is 89.1 g/mol. The highest BCUT2D eigenvalue weighted by Crippen LogP contribution is 1.85. The van der Waals surface area contributed by atoms with E-state index >= 15 is 0 Å². The molecule has 0 radical (unpaired) electrons. The van der Waals surface area contributed by atoms with Crippen LogP contribution in [0.25, 0.3) is 0 Å². The molecule has 2 heteroatoms. The molecule has 0 aromatic heterocycles. The first-order valence-electron chi connectivity index (χ1n) is 1.80. The summed E-state index contributed by atoms with van der Waals surface area (Å²) in [6.45, 7) is 1.42. The number of allylic oxidation sites excluding steroid dienone is 1. The fourth-order valence-electron chi connectivity index (χ4n) is 0.153. The number of alkyl halides is 1. The van der Waals surface area contributed by atoms with Gasteiger partial charge in [-0.15, -0.1) is 0 Å². The smallest absolute Gasteiger partial charge is 0.117 e. The van der Waals surface area contributed by atoms with E-state index in [2.05, 4.69) is 0 Å². The molecule has 0 heterocycles. The van der Waals surface area contributed by atoms with Crippen LogP contribution in [0.2, 0.25) is 0 Å². The first-order chi connectivity index (χ1) is 2.77. The molecule has 1 atom stereocenters. The lowest BCUT2D eigenvalue weighted by atomic mass is 10.4. The van der Waals surface area contributed by atoms with Gasteiger partial charge in [0.2, 0.25) is 0 Å². The molecule has 0 spiro atoms. The molecule has 0 aromatic carbocycles. The Kier molecular flexibility index (Phi) is 2.46. The molecule has 1 nitrogen and oxygen atoms in total. The fourth-order valence-corrected chi connectivity index (χ4v) is 0.153. The quantitative estimate of drug-likeness (QED) is 0.505. The lowest BCUT2D eigenvalue weighted by molar-refractivity contribution is 0.430. The average Bonchev–Trinajstić information content (AvgIpc) is 1.35. The van der Waals surface area contributed by atoms with E-state index in [-0.39, 0.29) is 0 Å². The molecule has 0 fully saturated rings. The zero-order valence-corrected chi connectivity index (χ0v) is 3.69. The molecular weight excluding hydrogens is 81.0 g/mol. The molecule has 0 aliphatic rings. The number of rotatable bonds is 1. The predicted octanol–water partition coefficient (Wildman–Crippen LogP) is 0.817. The van der Waals surface area contributed by atoms with Gasteiger partial charge in [0.15, 0.2) is 0 Å². The van der Waals surface area contributed by atoms with Gasteiger partial charge in [0, 0.05) is 0 Å². The van der Waals surface area contributed by atoms with Gasteiger partial charge in [0.25, 0.3) is 0 Å². The zero-order valence-electron chi connectivity index (χ0n) is 3.69. The largest absolute Gasteiger partial charge is 0.405 e. The Hall–Kier alpha value is -0.530. The molecule has 2 N–H and O–H groups in total. The summed E-state index contributed by atoms with van der Waals surface area (Å²) in [4.78, 5) is 0. The Morgan fingerprint density at radius 3 is 2.33 bits per heavy atom. The van der Waals surface area contributed by atoms with Crippen molar-refractivity contribution >= 4 is 0 Å². The van der Waals surface area contributed by atoms with Crippen LogP contribution >= 0.6 is 0 Å². The van der Waals surface area contributed by atoms with E-state index in [1.165, 1.54) is 19.2 Å². The van der Waals surface area contributed by atoms with Crippen LogP contribution < -0.4 is 5.73 Å². The summed E-state index contributed by atoms with van der Waals surface area (Å²) in [6, 6.07) is 0. The molecule has 0 rings (SSSR count). The summed E-state index contributed by atoms with van der Waals surface area (Å²) in [5.41, 5.74) is 4.81. The average molecular weight is 89.1 g/mol. The van der Waals surface area contributed by atoms with Crippen LogP contribution in [0, 0.1) is 0 Å². The zero-order chi connectivity index (χ0) is 4.99. The van der Waals surface area contributed by atoms with Crippen molar-refractivity contribution in [3.8, 4) is 0 Å². The van der Waals surface area contributed by atoms with E-state index in [1.54, 1.807) is 0 Å². The standard InChI is InChI=1S/C4H8FN/c1-4(5)2-3-6/h2-4H,6H2,1H3/b3-2+. The molecule has 0 aliphatic carbocycles. The topological polar surface area (TPSA) is 26.0 Å². The van der Waals surface area contributed by atoms with Gasteiger partial charge in [-0.05, 0) is 19.2 Å². The van der Waals surface area contributed by atoms with E-state index in [0.717, 1.165) is 0 Å². The van der Waals surface area contributed by atoms with Crippen molar-refractivity contribution < 1.29 is 4.39 Å². The van der Waals surface area contributed by atoms with Gasteiger partial charge in [0.05, 0.1) is 0 Å². The highest BCUT2D eigenvalue weighted by Gasteiger charge is 1.82. The van der Waals surface area contributed by atoms with E-state index in [4.69, 9.17) is 5.73 Å². The Labute approximate surface area is 36.6 Å². The van der Waals surface area contributed by atoms with Gasteiger partial charge in [0.1, 0.15) is 6.17 Å². The van der Waals surface area contributed by atoms with Crippen LogP contribution in [0.5, 0.6) is 0 Å². The van der Waals surface area contributed by atoms with Gasteiger partial charge in [-0.2, -0.15) is 0 Å². The van der Waals surface area contributed by atoms with Crippen molar-refractivity contribution in [2.24, 2.45) is 5.73 Å². The summed E-state index contributed by atoms with van der Waals surface area (Å²) in [5, 5.41) is 0. The second-order valence-electron chi connectivity index (χ2n) is 1.06. The fraction of sp³-hybridized carbons (Fsp3) is 0.500. The Morgan fingerprint density at radius 2 is 2.33 bits per heavy atom. The third kappa shape index (κ3) is 3.47. The van der Waals surface area contributed by atoms with Gasteiger partial charge in [-0.3, -0.25) is 0 Å². The van der Waals surface area contributed by atoms with E-state index < -0.39 is 6.17 Å². The maximum atomic E-state index is 11.5. The van der Waals surface area contributed by atoms with Gasteiger partial charge in [-0.1, -0.05) is 0 Å². The first kappa shape index (κ1) is 5.47. The number of halogens is 1. The SMILES string of the molecule is CC(F)/C=C/N. The minimum Gasteiger partial charge on any atom is -0.405 e. The minimum atomic E-state index is -0.907. The molecular formula is C4H8FN. The maximum Gasteiger partial charge on any atom is 0.117 e. The van der Waals surface area contributed by atoms with Gasteiger partial charge in [-0.25, -0.2) is 4.39 Å². The normalized spacial score (nSPS) is 15.7. The van der Waals surface area contributed by atoms with Crippen molar-refractivity contribution in [3.63, 3.8) is 0 Å². The second-order valence-corrected chi connectivity index (χ2v) is 1.06. The van der Waals surface area contributed by atoms with Gasteiger partial charge >= 0.3 is 0 Å². The van der Waals surface area contributed by atoms with E-state index in [0.29, 0.717) is 0 Å². The van der Waals surface area contributed by atoms with Crippen molar-refractivity contribution in [1.82, 2.24) is 0 Å². The van der Waals surface area contributed by atoms with Crippen LogP contribution in [-0.2, 0) is 0 Å². The van der Waals surface area contributed by atoms with Crippen molar-refractivity contribution in [1.29, 1.82) is 0 Å². The molecule has 0 aromatic rings. The van der Waals surface area contributed by atoms with E-state index in [9.17, 15) is 4.39 Å². The Balaban J connectivity index is 3.03. The Bertz CT molecular complexity index is 49.5. The summed E-state index contributed by atoms with van der Waals surface area (Å²) in [7, 11) is 0. The molecule has 0 aliphatic heterocycles. The van der Waals surface area contributed by atoms with Crippen molar-refractivity contribution in [2.75, 3.05) is 0 Å². The molecule has 36 valence electrons. The number of nitrogens with two attached hydrogens (primary N) is 1. The van der Waals surface area contributed by atoms with Crippen LogP contribution in [0.4, 0.5) is 4.39 Å². The van der Waals surface area contributed by atoms with Crippen LogP contribution in [-0.4, -0.2) is 6.17 Å². The molecule has 0 saturated carbocycles. The van der Waals surface area contributed by atoms with Crippen LogP contribution in [0.1, 0.15) is 6.92 Å². The van der Waals surface area contributed by atoms with Crippen molar-refractivity contribution in [2.45, 2.75) is 13.1 Å². The number of hydrogen-bond acceptors (Lipinski definition) is 1. The molecule has 0 amide bonds. The van der Waals surface area contributed by atoms with Gasteiger partial charge < -0.3 is 5.73 Å². The summed E-state index contributed by atoms with van der Waals surface area (Å²) < 4.78 is 11.5. The second kappa shape index (κ2) is 2.69. The molecule has 6 heavy (non-hydrogen) atoms. The summed E-state index contributed by atoms with van der Waals surface area (Å²) >= 11 is 0. The molecule has 0 bridgehead atoms. The highest BCUT2D eigenvalue weighted by atomic mass is 19.1. The summed E-state index contributed by atoms with van der Waals surface area (Å²) in [5.74, 6) is 0. The molecule has 0 saturated heterocycles. The highest BCUT2D eigenvalue weighted by molar-refractivity contribution is 4.80. The number of hydrogen-bond donors (Lipinski definition) is 1. The minimum absolute atomic E-state index is 0.907. The maximum absolute atomic E-state index is 11.5.